The average molecular weight is 330 g/mol. The number of alkyl halides is 1. The van der Waals surface area contributed by atoms with Gasteiger partial charge in [0.1, 0.15) is 18.8 Å². The first kappa shape index (κ1) is 14.5. The van der Waals surface area contributed by atoms with Crippen molar-refractivity contribution in [3.05, 3.63) is 23.8 Å². The predicted molar refractivity (Wildman–Crippen MR) is 84.2 cm³/mol. The molecule has 4 N–H and O–H groups in total. The van der Waals surface area contributed by atoms with Crippen LogP contribution in [0.25, 0.3) is 11.0 Å². The molecule has 3 aromatic rings. The molecule has 0 spiro atoms. The van der Waals surface area contributed by atoms with Gasteiger partial charge in [0.25, 0.3) is 5.91 Å². The molecule has 0 aliphatic heterocycles. The van der Waals surface area contributed by atoms with Crippen molar-refractivity contribution in [2.24, 2.45) is 0 Å². The number of hydrogen-bond acceptors (Lipinski definition) is 6. The van der Waals surface area contributed by atoms with E-state index in [1.165, 1.54) is 11.0 Å². The first-order valence-electron chi connectivity index (χ1n) is 7.43. The fourth-order valence-corrected chi connectivity index (χ4v) is 2.67. The van der Waals surface area contributed by atoms with Crippen molar-refractivity contribution < 1.29 is 9.18 Å². The van der Waals surface area contributed by atoms with Crippen LogP contribution in [0.5, 0.6) is 0 Å². The first-order valence-corrected chi connectivity index (χ1v) is 7.43. The fraction of sp³-hybridized carbons (Fsp3) is 0.357. The highest BCUT2D eigenvalue weighted by Crippen LogP contribution is 2.45. The van der Waals surface area contributed by atoms with Crippen LogP contribution in [0.15, 0.2) is 12.4 Å². The molecule has 3 heterocycles. The quantitative estimate of drug-likeness (QED) is 0.658. The van der Waals surface area contributed by atoms with Crippen molar-refractivity contribution in [3.8, 4) is 0 Å². The topological polar surface area (TPSA) is 127 Å². The van der Waals surface area contributed by atoms with Crippen molar-refractivity contribution in [2.45, 2.75) is 25.3 Å². The fourth-order valence-electron chi connectivity index (χ4n) is 2.67. The average Bonchev–Trinajstić information content (AvgIpc) is 3.09. The molecule has 124 valence electrons. The van der Waals surface area contributed by atoms with Gasteiger partial charge in [0, 0.05) is 11.8 Å². The molecule has 24 heavy (non-hydrogen) atoms. The molecule has 4 rings (SSSR count). The summed E-state index contributed by atoms with van der Waals surface area (Å²) in [7, 11) is 0. The van der Waals surface area contributed by atoms with Crippen LogP contribution in [0, 0.1) is 6.92 Å². The number of anilines is 2. The number of halogens is 1. The van der Waals surface area contributed by atoms with Gasteiger partial charge in [0.15, 0.2) is 17.2 Å². The molecule has 0 bridgehead atoms. The maximum Gasteiger partial charge on any atom is 0.278 e. The van der Waals surface area contributed by atoms with Gasteiger partial charge < -0.3 is 11.1 Å². The van der Waals surface area contributed by atoms with E-state index in [9.17, 15) is 9.18 Å². The van der Waals surface area contributed by atoms with Crippen LogP contribution in [0.2, 0.25) is 0 Å². The summed E-state index contributed by atoms with van der Waals surface area (Å²) in [4.78, 5) is 20.7. The van der Waals surface area contributed by atoms with Crippen molar-refractivity contribution in [1.29, 1.82) is 0 Å². The van der Waals surface area contributed by atoms with Gasteiger partial charge in [-0.1, -0.05) is 0 Å². The third kappa shape index (κ3) is 2.10. The highest BCUT2D eigenvalue weighted by Gasteiger charge is 2.48. The van der Waals surface area contributed by atoms with Gasteiger partial charge in [-0.05, 0) is 19.8 Å². The summed E-state index contributed by atoms with van der Waals surface area (Å²) in [5.74, 6) is -0.00655. The van der Waals surface area contributed by atoms with E-state index >= 15 is 0 Å². The molecular formula is C14H15FN8O. The number of rotatable bonds is 4. The number of nitrogens with one attached hydrogen (secondary N) is 2. The summed E-state index contributed by atoms with van der Waals surface area (Å²) in [6.07, 6.45) is 2.57. The van der Waals surface area contributed by atoms with Crippen molar-refractivity contribution in [3.63, 3.8) is 0 Å². The summed E-state index contributed by atoms with van der Waals surface area (Å²) in [5, 5.41) is 14.0. The summed E-state index contributed by atoms with van der Waals surface area (Å²) in [5.41, 5.74) is 6.40. The maximum absolute atomic E-state index is 13.5. The summed E-state index contributed by atoms with van der Waals surface area (Å²) >= 11 is 0. The molecule has 0 atom stereocenters. The van der Waals surface area contributed by atoms with Crippen LogP contribution in [-0.4, -0.2) is 42.5 Å². The molecule has 9 nitrogen and oxygen atoms in total. The zero-order chi connectivity index (χ0) is 16.9. The number of carbonyl (C=O) groups excluding carboxylic acids is 1. The van der Waals surface area contributed by atoms with E-state index in [4.69, 9.17) is 5.73 Å². The van der Waals surface area contributed by atoms with Crippen molar-refractivity contribution in [2.75, 3.05) is 17.7 Å². The zero-order valence-corrected chi connectivity index (χ0v) is 12.9. The van der Waals surface area contributed by atoms with Gasteiger partial charge in [0.05, 0.1) is 10.9 Å². The molecule has 1 fully saturated rings. The minimum absolute atomic E-state index is 0.0588. The van der Waals surface area contributed by atoms with Crippen LogP contribution < -0.4 is 11.1 Å². The lowest BCUT2D eigenvalue weighted by Crippen LogP contribution is -2.22. The molecule has 1 amide bonds. The molecule has 0 aromatic carbocycles. The third-order valence-electron chi connectivity index (χ3n) is 4.18. The number of nitrogens with two attached hydrogens (primary N) is 1. The van der Waals surface area contributed by atoms with Gasteiger partial charge in [0.2, 0.25) is 0 Å². The molecule has 0 radical (unpaired) electrons. The Balaban J connectivity index is 1.81. The minimum Gasteiger partial charge on any atom is -0.383 e. The van der Waals surface area contributed by atoms with E-state index in [-0.39, 0.29) is 11.5 Å². The molecule has 1 aliphatic carbocycles. The Bertz CT molecular complexity index is 942. The summed E-state index contributed by atoms with van der Waals surface area (Å²) in [6.45, 7) is 1.24. The number of nitrogens with zero attached hydrogens (tertiary/aromatic N) is 5. The Hall–Kier alpha value is -3.04. The number of hydrogen-bond donors (Lipinski definition) is 3. The van der Waals surface area contributed by atoms with Gasteiger partial charge in [-0.25, -0.2) is 19.0 Å². The minimum atomic E-state index is -0.736. The summed E-state index contributed by atoms with van der Waals surface area (Å²) in [6, 6.07) is 1.68. The highest BCUT2D eigenvalue weighted by atomic mass is 19.1. The maximum atomic E-state index is 13.5. The number of nitrogen functional groups attached to an aromatic ring is 1. The van der Waals surface area contributed by atoms with Crippen LogP contribution in [0.4, 0.5) is 16.0 Å². The van der Waals surface area contributed by atoms with E-state index in [0.29, 0.717) is 29.7 Å². The second-order valence-electron chi connectivity index (χ2n) is 5.97. The zero-order valence-electron chi connectivity index (χ0n) is 12.9. The van der Waals surface area contributed by atoms with Crippen LogP contribution in [0.3, 0.4) is 0 Å². The predicted octanol–water partition coefficient (Wildman–Crippen LogP) is 1.15. The SMILES string of the molecule is Cc1cc(NC(=O)c2nn(C3(CF)CC3)c3ncnc(N)c23)n[nH]1. The van der Waals surface area contributed by atoms with Gasteiger partial charge in [-0.15, -0.1) is 0 Å². The number of fused-ring (bicyclic) bond motifs is 1. The van der Waals surface area contributed by atoms with Gasteiger partial charge in [-0.2, -0.15) is 10.2 Å². The van der Waals surface area contributed by atoms with E-state index in [1.54, 1.807) is 6.07 Å². The Morgan fingerprint density at radius 1 is 1.50 bits per heavy atom. The number of aromatic amines is 1. The number of H-pyrrole nitrogens is 1. The van der Waals surface area contributed by atoms with E-state index in [0.717, 1.165) is 5.69 Å². The standard InChI is InChI=1S/C14H15FN8O/c1-7-4-8(21-20-7)19-13(24)10-9-11(16)17-6-18-12(9)23(22-10)14(5-15)2-3-14/h4,6H,2-3,5H2,1H3,(H2,16,17,18)(H2,19,20,21,24). The third-order valence-corrected chi connectivity index (χ3v) is 4.18. The van der Waals surface area contributed by atoms with E-state index in [2.05, 4.69) is 30.6 Å². The van der Waals surface area contributed by atoms with E-state index < -0.39 is 18.1 Å². The Labute approximate surface area is 135 Å². The molecular weight excluding hydrogens is 315 g/mol. The first-order chi connectivity index (χ1) is 11.5. The van der Waals surface area contributed by atoms with Crippen LogP contribution >= 0.6 is 0 Å². The largest absolute Gasteiger partial charge is 0.383 e. The number of amides is 1. The monoisotopic (exact) mass is 330 g/mol. The van der Waals surface area contributed by atoms with Crippen molar-refractivity contribution in [1.82, 2.24) is 29.9 Å². The Morgan fingerprint density at radius 2 is 2.29 bits per heavy atom. The normalized spacial score (nSPS) is 15.6. The number of carbonyl (C=O) groups is 1. The summed E-state index contributed by atoms with van der Waals surface area (Å²) < 4.78 is 14.9. The van der Waals surface area contributed by atoms with Crippen LogP contribution in [-0.2, 0) is 5.54 Å². The molecule has 10 heteroatoms. The molecule has 0 unspecified atom stereocenters. The smallest absolute Gasteiger partial charge is 0.278 e. The number of aromatic nitrogens is 6. The lowest BCUT2D eigenvalue weighted by atomic mass is 10.2. The second kappa shape index (κ2) is 4.98. The lowest BCUT2D eigenvalue weighted by Gasteiger charge is -2.11. The van der Waals surface area contributed by atoms with Crippen molar-refractivity contribution >= 4 is 28.6 Å². The second-order valence-corrected chi connectivity index (χ2v) is 5.97. The molecule has 1 saturated carbocycles. The van der Waals surface area contributed by atoms with Gasteiger partial charge in [-0.3, -0.25) is 9.89 Å². The Kier molecular flexibility index (Phi) is 3.02. The van der Waals surface area contributed by atoms with Gasteiger partial charge >= 0.3 is 0 Å². The number of aryl methyl sites for hydroxylation is 1. The molecule has 3 aromatic heterocycles. The molecule has 0 saturated heterocycles. The van der Waals surface area contributed by atoms with E-state index in [1.807, 2.05) is 6.92 Å². The van der Waals surface area contributed by atoms with Crippen LogP contribution in [0.1, 0.15) is 29.0 Å². The molecule has 1 aliphatic rings. The Morgan fingerprint density at radius 3 is 2.92 bits per heavy atom. The highest BCUT2D eigenvalue weighted by molar-refractivity contribution is 6.12. The lowest BCUT2D eigenvalue weighted by molar-refractivity contribution is 0.102.